The second-order valence-electron chi connectivity index (χ2n) is 6.44. The number of anilines is 1. The summed E-state index contributed by atoms with van der Waals surface area (Å²) in [5, 5.41) is 0. The zero-order valence-electron chi connectivity index (χ0n) is 16.2. The lowest BCUT2D eigenvalue weighted by atomic mass is 10.2. The van der Waals surface area contributed by atoms with Crippen molar-refractivity contribution >= 4 is 29.2 Å². The summed E-state index contributed by atoms with van der Waals surface area (Å²) in [5.74, 6) is 1.31. The molecular weight excluding hydrogens is 386 g/mol. The first-order valence-corrected chi connectivity index (χ1v) is 9.96. The molecule has 0 atom stereocenters. The summed E-state index contributed by atoms with van der Waals surface area (Å²) in [7, 11) is 3.21. The average Bonchev–Trinajstić information content (AvgIpc) is 3.09. The number of ether oxygens (including phenoxy) is 2. The minimum atomic E-state index is -0.0309. The molecule has 2 aromatic carbocycles. The van der Waals surface area contributed by atoms with E-state index in [1.54, 1.807) is 18.8 Å². The molecule has 1 aliphatic rings. The van der Waals surface area contributed by atoms with Crippen LogP contribution in [0.1, 0.15) is 5.56 Å². The minimum Gasteiger partial charge on any atom is -0.493 e. The van der Waals surface area contributed by atoms with Crippen LogP contribution in [0.4, 0.5) is 5.69 Å². The van der Waals surface area contributed by atoms with Gasteiger partial charge in [-0.05, 0) is 23.8 Å². The topological polar surface area (TPSA) is 56.1 Å². The van der Waals surface area contributed by atoms with E-state index >= 15 is 0 Å². The molecule has 6 nitrogen and oxygen atoms in total. The van der Waals surface area contributed by atoms with Crippen LogP contribution < -0.4 is 29.3 Å². The van der Waals surface area contributed by atoms with Gasteiger partial charge in [0.25, 0.3) is 5.56 Å². The third kappa shape index (κ3) is 3.95. The number of aromatic nitrogens is 1. The Hall–Kier alpha value is -3.32. The van der Waals surface area contributed by atoms with E-state index in [4.69, 9.17) is 9.47 Å². The monoisotopic (exact) mass is 407 g/mol. The quantitative estimate of drug-likeness (QED) is 0.652. The van der Waals surface area contributed by atoms with E-state index in [0.717, 1.165) is 16.1 Å². The molecule has 0 fully saturated rings. The van der Waals surface area contributed by atoms with Crippen LogP contribution in [0.3, 0.4) is 0 Å². The third-order valence-corrected chi connectivity index (χ3v) is 5.71. The summed E-state index contributed by atoms with van der Waals surface area (Å²) < 4.78 is 13.1. The summed E-state index contributed by atoms with van der Waals surface area (Å²) in [6, 6.07) is 15.7. The third-order valence-electron chi connectivity index (χ3n) is 4.65. The normalized spacial score (nSPS) is 14.0. The standard InChI is InChI=1S/C22H21N3O3S/c1-27-18-12-11-17(13-19(18)28-2)24-14-23-22-25(15-24)21(26)20(29-22)10-6-9-16-7-4-3-5-8-16/h3-13H,14-15H2,1-2H3. The van der Waals surface area contributed by atoms with E-state index in [-0.39, 0.29) is 5.56 Å². The molecule has 7 heteroatoms. The van der Waals surface area contributed by atoms with Crippen LogP contribution in [0.5, 0.6) is 11.5 Å². The zero-order valence-corrected chi connectivity index (χ0v) is 17.1. The van der Waals surface area contributed by atoms with Crippen molar-refractivity contribution in [2.45, 2.75) is 6.67 Å². The molecule has 2 heterocycles. The van der Waals surface area contributed by atoms with Gasteiger partial charge in [0.15, 0.2) is 16.3 Å². The van der Waals surface area contributed by atoms with Crippen molar-refractivity contribution in [3.8, 4) is 11.5 Å². The smallest absolute Gasteiger partial charge is 0.271 e. The Bertz CT molecular complexity index is 1210. The fraction of sp³-hybridized carbons (Fsp3) is 0.182. The van der Waals surface area contributed by atoms with E-state index in [1.807, 2.05) is 71.7 Å². The van der Waals surface area contributed by atoms with Gasteiger partial charge < -0.3 is 14.4 Å². The SMILES string of the molecule is COc1ccc(N2CN=c3sc(=CC=Cc4ccccc4)c(=O)n3C2)cc1OC. The van der Waals surface area contributed by atoms with Gasteiger partial charge in [-0.2, -0.15) is 0 Å². The molecule has 148 valence electrons. The number of methoxy groups -OCH3 is 2. The molecule has 0 radical (unpaired) electrons. The number of benzene rings is 2. The summed E-state index contributed by atoms with van der Waals surface area (Å²) in [6.45, 7) is 0.925. The van der Waals surface area contributed by atoms with Crippen molar-refractivity contribution < 1.29 is 9.47 Å². The van der Waals surface area contributed by atoms with Crippen LogP contribution in [0.15, 0.2) is 64.4 Å². The summed E-state index contributed by atoms with van der Waals surface area (Å²) >= 11 is 1.41. The predicted octanol–water partition coefficient (Wildman–Crippen LogP) is 2.48. The first kappa shape index (κ1) is 19.0. The maximum Gasteiger partial charge on any atom is 0.271 e. The summed E-state index contributed by atoms with van der Waals surface area (Å²) in [5.41, 5.74) is 1.98. The number of allylic oxidation sites excluding steroid dienone is 1. The Labute approximate surface area is 172 Å². The van der Waals surface area contributed by atoms with Crippen LogP contribution in [-0.2, 0) is 6.67 Å². The molecule has 1 aliphatic heterocycles. The van der Waals surface area contributed by atoms with Crippen molar-refractivity contribution in [3.05, 3.63) is 79.9 Å². The highest BCUT2D eigenvalue weighted by Gasteiger charge is 2.17. The van der Waals surface area contributed by atoms with Crippen molar-refractivity contribution in [1.82, 2.24) is 4.57 Å². The number of fused-ring (bicyclic) bond motifs is 1. The van der Waals surface area contributed by atoms with Gasteiger partial charge in [0.05, 0.1) is 18.8 Å². The van der Waals surface area contributed by atoms with Crippen LogP contribution in [0, 0.1) is 0 Å². The van der Waals surface area contributed by atoms with Gasteiger partial charge in [0.1, 0.15) is 13.3 Å². The van der Waals surface area contributed by atoms with Gasteiger partial charge in [-0.25, -0.2) is 4.99 Å². The fourth-order valence-electron chi connectivity index (χ4n) is 3.12. The number of nitrogens with zero attached hydrogens (tertiary/aromatic N) is 3. The second kappa shape index (κ2) is 8.36. The molecule has 3 aromatic rings. The summed E-state index contributed by atoms with van der Waals surface area (Å²) in [4.78, 5) is 20.2. The second-order valence-corrected chi connectivity index (χ2v) is 7.45. The highest BCUT2D eigenvalue weighted by Crippen LogP contribution is 2.31. The number of hydrogen-bond acceptors (Lipinski definition) is 6. The lowest BCUT2D eigenvalue weighted by Gasteiger charge is -2.26. The Morgan fingerprint density at radius 2 is 1.86 bits per heavy atom. The Balaban J connectivity index is 1.60. The van der Waals surface area contributed by atoms with Crippen LogP contribution >= 0.6 is 11.3 Å². The molecule has 0 N–H and O–H groups in total. The first-order chi connectivity index (χ1) is 14.2. The fourth-order valence-corrected chi connectivity index (χ4v) is 4.04. The van der Waals surface area contributed by atoms with Gasteiger partial charge in [-0.1, -0.05) is 53.8 Å². The molecule has 0 unspecified atom stereocenters. The largest absolute Gasteiger partial charge is 0.493 e. The van der Waals surface area contributed by atoms with Crippen molar-refractivity contribution in [2.75, 3.05) is 25.8 Å². The lowest BCUT2D eigenvalue weighted by Crippen LogP contribution is -2.42. The van der Waals surface area contributed by atoms with E-state index in [1.165, 1.54) is 11.3 Å². The highest BCUT2D eigenvalue weighted by molar-refractivity contribution is 7.07. The molecule has 0 saturated heterocycles. The van der Waals surface area contributed by atoms with Gasteiger partial charge in [0, 0.05) is 11.8 Å². The van der Waals surface area contributed by atoms with E-state index in [0.29, 0.717) is 29.4 Å². The van der Waals surface area contributed by atoms with Gasteiger partial charge in [-0.15, -0.1) is 0 Å². The maximum absolute atomic E-state index is 12.8. The minimum absolute atomic E-state index is 0.0309. The first-order valence-electron chi connectivity index (χ1n) is 9.14. The van der Waals surface area contributed by atoms with E-state index in [2.05, 4.69) is 4.99 Å². The molecular formula is C22H21N3O3S. The predicted molar refractivity (Wildman–Crippen MR) is 116 cm³/mol. The van der Waals surface area contributed by atoms with Crippen molar-refractivity contribution in [2.24, 2.45) is 4.99 Å². The average molecular weight is 407 g/mol. The van der Waals surface area contributed by atoms with Crippen LogP contribution in [0.2, 0.25) is 0 Å². The molecule has 0 saturated carbocycles. The number of rotatable bonds is 5. The van der Waals surface area contributed by atoms with Crippen LogP contribution in [0.25, 0.3) is 12.2 Å². The van der Waals surface area contributed by atoms with E-state index in [9.17, 15) is 4.79 Å². The van der Waals surface area contributed by atoms with E-state index < -0.39 is 0 Å². The Morgan fingerprint density at radius 3 is 2.62 bits per heavy atom. The molecule has 29 heavy (non-hydrogen) atoms. The van der Waals surface area contributed by atoms with Crippen molar-refractivity contribution in [1.29, 1.82) is 0 Å². The van der Waals surface area contributed by atoms with Gasteiger partial charge in [-0.3, -0.25) is 9.36 Å². The Morgan fingerprint density at radius 1 is 1.07 bits per heavy atom. The molecule has 0 bridgehead atoms. The molecule has 0 spiro atoms. The van der Waals surface area contributed by atoms with Gasteiger partial charge in [0.2, 0.25) is 0 Å². The highest BCUT2D eigenvalue weighted by atomic mass is 32.1. The number of thiazole rings is 1. The zero-order chi connectivity index (χ0) is 20.2. The molecule has 0 amide bonds. The van der Waals surface area contributed by atoms with Crippen LogP contribution in [-0.4, -0.2) is 25.5 Å². The van der Waals surface area contributed by atoms with Crippen molar-refractivity contribution in [3.63, 3.8) is 0 Å². The molecule has 4 rings (SSSR count). The summed E-state index contributed by atoms with van der Waals surface area (Å²) in [6.07, 6.45) is 5.73. The van der Waals surface area contributed by atoms with Gasteiger partial charge >= 0.3 is 0 Å². The number of hydrogen-bond donors (Lipinski definition) is 0. The maximum atomic E-state index is 12.8. The molecule has 1 aromatic heterocycles. The Kier molecular flexibility index (Phi) is 5.48. The lowest BCUT2D eigenvalue weighted by molar-refractivity contribution is 0.355. The molecule has 0 aliphatic carbocycles.